The van der Waals surface area contributed by atoms with Crippen LogP contribution in [0, 0.1) is 0 Å². The van der Waals surface area contributed by atoms with Gasteiger partial charge in [0, 0.05) is 12.2 Å². The third kappa shape index (κ3) is 3.17. The predicted octanol–water partition coefficient (Wildman–Crippen LogP) is -0.779. The number of aromatic nitrogens is 1. The highest BCUT2D eigenvalue weighted by Crippen LogP contribution is 2.18. The topological polar surface area (TPSA) is 114 Å². The Morgan fingerprint density at radius 1 is 1.50 bits per heavy atom. The zero-order valence-electron chi connectivity index (χ0n) is 9.59. The number of rotatable bonds is 5. The minimum absolute atomic E-state index is 0.0902. The van der Waals surface area contributed by atoms with Crippen molar-refractivity contribution in [3.05, 3.63) is 18.3 Å². The van der Waals surface area contributed by atoms with E-state index in [9.17, 15) is 13.2 Å². The van der Waals surface area contributed by atoms with E-state index in [4.69, 9.17) is 5.73 Å². The second kappa shape index (κ2) is 4.91. The lowest BCUT2D eigenvalue weighted by Crippen LogP contribution is -2.38. The zero-order valence-corrected chi connectivity index (χ0v) is 10.4. The molecule has 0 radical (unpaired) electrons. The molecule has 0 bridgehead atoms. The first kappa shape index (κ1) is 12.8. The van der Waals surface area contributed by atoms with Gasteiger partial charge in [0.15, 0.2) is 0 Å². The first-order valence-electron chi connectivity index (χ1n) is 5.48. The van der Waals surface area contributed by atoms with E-state index >= 15 is 0 Å². The molecule has 1 aromatic rings. The van der Waals surface area contributed by atoms with Gasteiger partial charge in [-0.2, -0.15) is 0 Å². The van der Waals surface area contributed by atoms with E-state index in [0.717, 1.165) is 12.8 Å². The van der Waals surface area contributed by atoms with Crippen molar-refractivity contribution in [3.63, 3.8) is 0 Å². The van der Waals surface area contributed by atoms with Gasteiger partial charge >= 0.3 is 0 Å². The summed E-state index contributed by atoms with van der Waals surface area (Å²) in [5.74, 6) is -0.434. The van der Waals surface area contributed by atoms with E-state index in [1.807, 2.05) is 0 Å². The van der Waals surface area contributed by atoms with Crippen LogP contribution >= 0.6 is 0 Å². The fourth-order valence-corrected chi connectivity index (χ4v) is 2.44. The molecule has 1 aromatic heterocycles. The van der Waals surface area contributed by atoms with Crippen LogP contribution in [0.1, 0.15) is 12.8 Å². The molecule has 0 spiro atoms. The second-order valence-corrected chi connectivity index (χ2v) is 5.79. The predicted molar refractivity (Wildman–Crippen MR) is 65.0 cm³/mol. The number of carbonyl (C=O) groups is 1. The molecular formula is C10H14N4O3S. The van der Waals surface area contributed by atoms with Gasteiger partial charge in [-0.3, -0.25) is 4.79 Å². The lowest BCUT2D eigenvalue weighted by atomic mass is 10.5. The summed E-state index contributed by atoms with van der Waals surface area (Å²) in [6.07, 6.45) is 3.30. The monoisotopic (exact) mass is 270 g/mol. The van der Waals surface area contributed by atoms with Crippen molar-refractivity contribution in [2.45, 2.75) is 23.8 Å². The summed E-state index contributed by atoms with van der Waals surface area (Å²) in [6, 6.07) is 3.00. The minimum atomic E-state index is -3.80. The van der Waals surface area contributed by atoms with Crippen LogP contribution in [-0.2, 0) is 14.8 Å². The number of sulfonamides is 1. The molecule has 2 rings (SSSR count). The second-order valence-electron chi connectivity index (χ2n) is 4.05. The molecule has 0 saturated heterocycles. The van der Waals surface area contributed by atoms with Crippen molar-refractivity contribution < 1.29 is 13.2 Å². The van der Waals surface area contributed by atoms with Crippen LogP contribution in [0.2, 0.25) is 0 Å². The Bertz CT molecular complexity index is 554. The Labute approximate surface area is 105 Å². The van der Waals surface area contributed by atoms with Gasteiger partial charge in [-0.05, 0) is 25.0 Å². The summed E-state index contributed by atoms with van der Waals surface area (Å²) in [5.41, 5.74) is 5.47. The molecule has 0 aromatic carbocycles. The van der Waals surface area contributed by atoms with Crippen LogP contribution in [0.5, 0.6) is 0 Å². The highest BCUT2D eigenvalue weighted by Gasteiger charge is 2.24. The summed E-state index contributed by atoms with van der Waals surface area (Å²) in [6.45, 7) is -0.298. The number of nitrogens with zero attached hydrogens (tertiary/aromatic N) is 1. The number of nitrogen functional groups attached to an aromatic ring is 1. The number of carbonyl (C=O) groups excluding carboxylic acids is 1. The van der Waals surface area contributed by atoms with Gasteiger partial charge in [-0.15, -0.1) is 0 Å². The Hall–Kier alpha value is -1.67. The maximum absolute atomic E-state index is 11.8. The van der Waals surface area contributed by atoms with Gasteiger partial charge in [0.05, 0.1) is 6.54 Å². The third-order valence-corrected chi connectivity index (χ3v) is 3.90. The van der Waals surface area contributed by atoms with E-state index in [1.165, 1.54) is 18.3 Å². The Morgan fingerprint density at radius 3 is 2.83 bits per heavy atom. The van der Waals surface area contributed by atoms with Crippen molar-refractivity contribution in [3.8, 4) is 0 Å². The van der Waals surface area contributed by atoms with Gasteiger partial charge in [0.1, 0.15) is 10.7 Å². The molecule has 4 N–H and O–H groups in total. The van der Waals surface area contributed by atoms with Crippen LogP contribution in [0.4, 0.5) is 5.82 Å². The first-order valence-corrected chi connectivity index (χ1v) is 6.97. The van der Waals surface area contributed by atoms with Crippen LogP contribution < -0.4 is 15.8 Å². The van der Waals surface area contributed by atoms with E-state index < -0.39 is 10.0 Å². The molecule has 0 atom stereocenters. The number of amides is 1. The van der Waals surface area contributed by atoms with Gasteiger partial charge in [-0.1, -0.05) is 0 Å². The Kier molecular flexibility index (Phi) is 3.48. The smallest absolute Gasteiger partial charge is 0.244 e. The molecular weight excluding hydrogens is 256 g/mol. The van der Waals surface area contributed by atoms with Crippen molar-refractivity contribution in [2.75, 3.05) is 12.3 Å². The summed E-state index contributed by atoms with van der Waals surface area (Å²) >= 11 is 0. The number of nitrogens with one attached hydrogen (secondary N) is 2. The fourth-order valence-electron chi connectivity index (χ4n) is 1.37. The largest absolute Gasteiger partial charge is 0.383 e. The third-order valence-electron chi connectivity index (χ3n) is 2.45. The molecule has 18 heavy (non-hydrogen) atoms. The summed E-state index contributed by atoms with van der Waals surface area (Å²) < 4.78 is 25.9. The lowest BCUT2D eigenvalue weighted by Gasteiger charge is -2.08. The van der Waals surface area contributed by atoms with Crippen LogP contribution in [0.3, 0.4) is 0 Å². The number of pyridine rings is 1. The molecule has 8 heteroatoms. The molecule has 7 nitrogen and oxygen atoms in total. The van der Waals surface area contributed by atoms with Crippen molar-refractivity contribution in [2.24, 2.45) is 0 Å². The summed E-state index contributed by atoms with van der Waals surface area (Å²) in [4.78, 5) is 14.9. The number of hydrogen-bond donors (Lipinski definition) is 3. The zero-order chi connectivity index (χ0) is 13.2. The van der Waals surface area contributed by atoms with Crippen molar-refractivity contribution in [1.29, 1.82) is 0 Å². The Balaban J connectivity index is 1.98. The molecule has 1 heterocycles. The SMILES string of the molecule is Nc1ncccc1S(=O)(=O)NCC(=O)NC1CC1. The summed E-state index contributed by atoms with van der Waals surface area (Å²) in [7, 11) is -3.80. The normalized spacial score (nSPS) is 15.3. The van der Waals surface area contributed by atoms with Gasteiger partial charge in [-0.25, -0.2) is 18.1 Å². The van der Waals surface area contributed by atoms with E-state index in [1.54, 1.807) is 0 Å². The van der Waals surface area contributed by atoms with Crippen LogP contribution in [0.25, 0.3) is 0 Å². The maximum Gasteiger partial charge on any atom is 0.244 e. The first-order chi connectivity index (χ1) is 8.49. The minimum Gasteiger partial charge on any atom is -0.383 e. The average molecular weight is 270 g/mol. The number of anilines is 1. The molecule has 0 aliphatic heterocycles. The lowest BCUT2D eigenvalue weighted by molar-refractivity contribution is -0.120. The van der Waals surface area contributed by atoms with Crippen LogP contribution in [-0.4, -0.2) is 31.9 Å². The van der Waals surface area contributed by atoms with E-state index in [0.29, 0.717) is 0 Å². The molecule has 1 aliphatic carbocycles. The molecule has 1 amide bonds. The fraction of sp³-hybridized carbons (Fsp3) is 0.400. The number of hydrogen-bond acceptors (Lipinski definition) is 5. The van der Waals surface area contributed by atoms with Crippen molar-refractivity contribution >= 4 is 21.7 Å². The average Bonchev–Trinajstić information content (AvgIpc) is 3.11. The molecule has 1 saturated carbocycles. The van der Waals surface area contributed by atoms with Crippen molar-refractivity contribution in [1.82, 2.24) is 15.0 Å². The molecule has 98 valence electrons. The summed E-state index contributed by atoms with van der Waals surface area (Å²) in [5, 5.41) is 2.68. The van der Waals surface area contributed by atoms with Gasteiger partial charge in [0.2, 0.25) is 15.9 Å². The quantitative estimate of drug-likeness (QED) is 0.649. The molecule has 0 unspecified atom stereocenters. The molecule has 1 fully saturated rings. The van der Waals surface area contributed by atoms with Gasteiger partial charge < -0.3 is 11.1 Å². The van der Waals surface area contributed by atoms with Gasteiger partial charge in [0.25, 0.3) is 0 Å². The Morgan fingerprint density at radius 2 is 2.22 bits per heavy atom. The highest BCUT2D eigenvalue weighted by atomic mass is 32.2. The number of nitrogens with two attached hydrogens (primary N) is 1. The molecule has 1 aliphatic rings. The maximum atomic E-state index is 11.8. The van der Waals surface area contributed by atoms with E-state index in [2.05, 4.69) is 15.0 Å². The van der Waals surface area contributed by atoms with Crippen LogP contribution in [0.15, 0.2) is 23.2 Å². The highest BCUT2D eigenvalue weighted by molar-refractivity contribution is 7.89. The van der Waals surface area contributed by atoms with E-state index in [-0.39, 0.29) is 29.2 Å². The standard InChI is InChI=1S/C10H14N4O3S/c11-10-8(2-1-5-12-10)18(16,17)13-6-9(15)14-7-3-4-7/h1-2,5,7,13H,3-4,6H2,(H2,11,12)(H,14,15).